The molecule has 0 aliphatic carbocycles. The second-order valence-corrected chi connectivity index (χ2v) is 6.16. The van der Waals surface area contributed by atoms with E-state index in [1.165, 1.54) is 6.07 Å². The van der Waals surface area contributed by atoms with Crippen molar-refractivity contribution in [2.45, 2.75) is 18.0 Å². The van der Waals surface area contributed by atoms with Gasteiger partial charge in [-0.2, -0.15) is 0 Å². The minimum absolute atomic E-state index is 0.0258. The van der Waals surface area contributed by atoms with Crippen molar-refractivity contribution in [2.24, 2.45) is 0 Å². The monoisotopic (exact) mass is 349 g/mol. The van der Waals surface area contributed by atoms with Crippen LogP contribution >= 0.6 is 15.9 Å². The first-order chi connectivity index (χ1) is 9.03. The molecule has 0 spiro atoms. The number of hydrogen-bond donors (Lipinski definition) is 2. The zero-order chi connectivity index (χ0) is 13.9. The quantitative estimate of drug-likeness (QED) is 0.800. The van der Waals surface area contributed by atoms with Gasteiger partial charge < -0.3 is 14.1 Å². The van der Waals surface area contributed by atoms with Gasteiger partial charge in [0.25, 0.3) is 0 Å². The van der Waals surface area contributed by atoms with E-state index in [2.05, 4.69) is 25.6 Å². The molecule has 104 valence electrons. The molecular formula is C10H12BrN3O4S. The summed E-state index contributed by atoms with van der Waals surface area (Å²) in [6, 6.07) is 1.28. The van der Waals surface area contributed by atoms with E-state index in [1.807, 2.05) is 0 Å². The third-order valence-corrected chi connectivity index (χ3v) is 4.69. The Hall–Kier alpha value is -1.16. The Balaban J connectivity index is 2.03. The standard InChI is InChI=1S/C10H12BrN3O4S/c11-10-9(5-8(6-15)18-10)19(16,17)13-2-4-14-3-1-12-7-14/h1,3,5,7,13,15H,2,4,6H2. The normalized spacial score (nSPS) is 11.9. The van der Waals surface area contributed by atoms with Crippen molar-refractivity contribution in [1.29, 1.82) is 0 Å². The highest BCUT2D eigenvalue weighted by Gasteiger charge is 2.21. The molecule has 0 radical (unpaired) electrons. The lowest BCUT2D eigenvalue weighted by molar-refractivity contribution is 0.245. The summed E-state index contributed by atoms with van der Waals surface area (Å²) in [7, 11) is -3.67. The number of aromatic nitrogens is 2. The maximum Gasteiger partial charge on any atom is 0.245 e. The molecule has 7 nitrogen and oxygen atoms in total. The van der Waals surface area contributed by atoms with Gasteiger partial charge in [0, 0.05) is 31.5 Å². The van der Waals surface area contributed by atoms with Gasteiger partial charge in [-0.3, -0.25) is 0 Å². The van der Waals surface area contributed by atoms with Crippen molar-refractivity contribution in [3.63, 3.8) is 0 Å². The molecule has 0 atom stereocenters. The molecule has 0 aromatic carbocycles. The molecule has 0 saturated carbocycles. The number of furan rings is 1. The molecule has 2 N–H and O–H groups in total. The minimum Gasteiger partial charge on any atom is -0.450 e. The average Bonchev–Trinajstić information content (AvgIpc) is 2.98. The Morgan fingerprint density at radius 1 is 1.53 bits per heavy atom. The van der Waals surface area contributed by atoms with E-state index in [0.717, 1.165) is 0 Å². The predicted octanol–water partition coefficient (Wildman–Crippen LogP) is 0.709. The highest BCUT2D eigenvalue weighted by Crippen LogP contribution is 2.25. The lowest BCUT2D eigenvalue weighted by Gasteiger charge is -2.05. The van der Waals surface area contributed by atoms with Crippen molar-refractivity contribution in [3.05, 3.63) is 35.2 Å². The molecule has 0 bridgehead atoms. The molecule has 0 amide bonds. The Kier molecular flexibility index (Phi) is 4.40. The molecule has 0 aliphatic heterocycles. The van der Waals surface area contributed by atoms with Crippen LogP contribution in [0.15, 0.2) is 38.8 Å². The molecule has 0 fully saturated rings. The molecular weight excluding hydrogens is 338 g/mol. The molecule has 2 aromatic rings. The summed E-state index contributed by atoms with van der Waals surface area (Å²) >= 11 is 3.01. The van der Waals surface area contributed by atoms with Gasteiger partial charge in [0.15, 0.2) is 4.67 Å². The predicted molar refractivity (Wildman–Crippen MR) is 69.7 cm³/mol. The fourth-order valence-electron chi connectivity index (χ4n) is 1.46. The Bertz CT molecular complexity index is 636. The second-order valence-electron chi connectivity index (χ2n) is 3.71. The second kappa shape index (κ2) is 5.87. The number of rotatable bonds is 6. The number of aliphatic hydroxyl groups is 1. The highest BCUT2D eigenvalue weighted by molar-refractivity contribution is 9.10. The van der Waals surface area contributed by atoms with E-state index in [0.29, 0.717) is 6.54 Å². The Labute approximate surface area is 118 Å². The molecule has 2 aromatic heterocycles. The van der Waals surface area contributed by atoms with Gasteiger partial charge in [0.1, 0.15) is 17.3 Å². The summed E-state index contributed by atoms with van der Waals surface area (Å²) in [5.74, 6) is 0.182. The van der Waals surface area contributed by atoms with Crippen LogP contribution in [0.25, 0.3) is 0 Å². The van der Waals surface area contributed by atoms with Gasteiger partial charge in [0.05, 0.1) is 6.33 Å². The first-order valence-corrected chi connectivity index (χ1v) is 7.65. The number of halogens is 1. The van der Waals surface area contributed by atoms with Crippen LogP contribution in [0.4, 0.5) is 0 Å². The largest absolute Gasteiger partial charge is 0.450 e. The average molecular weight is 350 g/mol. The molecule has 19 heavy (non-hydrogen) atoms. The topological polar surface area (TPSA) is 97.4 Å². The van der Waals surface area contributed by atoms with E-state index < -0.39 is 10.0 Å². The van der Waals surface area contributed by atoms with E-state index in [9.17, 15) is 8.42 Å². The first kappa shape index (κ1) is 14.3. The van der Waals surface area contributed by atoms with Crippen LogP contribution in [0.5, 0.6) is 0 Å². The van der Waals surface area contributed by atoms with E-state index >= 15 is 0 Å². The Morgan fingerprint density at radius 2 is 2.32 bits per heavy atom. The number of aliphatic hydroxyl groups excluding tert-OH is 1. The van der Waals surface area contributed by atoms with Crippen molar-refractivity contribution in [1.82, 2.24) is 14.3 Å². The van der Waals surface area contributed by atoms with Crippen LogP contribution in [0.1, 0.15) is 5.76 Å². The van der Waals surface area contributed by atoms with Gasteiger partial charge in [0.2, 0.25) is 10.0 Å². The van der Waals surface area contributed by atoms with Crippen LogP contribution in [0.2, 0.25) is 0 Å². The molecule has 9 heteroatoms. The summed E-state index contributed by atoms with van der Waals surface area (Å²) in [5.41, 5.74) is 0. The summed E-state index contributed by atoms with van der Waals surface area (Å²) in [4.78, 5) is 3.83. The molecule has 2 rings (SSSR count). The van der Waals surface area contributed by atoms with Gasteiger partial charge in [-0.05, 0) is 15.9 Å². The zero-order valence-electron chi connectivity index (χ0n) is 9.78. The molecule has 0 unspecified atom stereocenters. The fourth-order valence-corrected chi connectivity index (χ4v) is 3.48. The van der Waals surface area contributed by atoms with E-state index in [1.54, 1.807) is 23.3 Å². The van der Waals surface area contributed by atoms with Crippen molar-refractivity contribution in [2.75, 3.05) is 6.54 Å². The molecule has 0 saturated heterocycles. The summed E-state index contributed by atoms with van der Waals surface area (Å²) < 4.78 is 33.3. The van der Waals surface area contributed by atoms with Crippen LogP contribution < -0.4 is 4.72 Å². The molecule has 0 aliphatic rings. The maximum absolute atomic E-state index is 12.0. The minimum atomic E-state index is -3.67. The van der Waals surface area contributed by atoms with Crippen molar-refractivity contribution in [3.8, 4) is 0 Å². The fraction of sp³-hybridized carbons (Fsp3) is 0.300. The van der Waals surface area contributed by atoms with Crippen LogP contribution in [-0.2, 0) is 23.2 Å². The number of nitrogens with zero attached hydrogens (tertiary/aromatic N) is 2. The maximum atomic E-state index is 12.0. The van der Waals surface area contributed by atoms with Crippen LogP contribution in [-0.4, -0.2) is 29.6 Å². The van der Waals surface area contributed by atoms with Gasteiger partial charge in [-0.25, -0.2) is 18.1 Å². The lowest BCUT2D eigenvalue weighted by Crippen LogP contribution is -2.27. The number of hydrogen-bond acceptors (Lipinski definition) is 5. The van der Waals surface area contributed by atoms with Gasteiger partial charge in [-0.15, -0.1) is 0 Å². The van der Waals surface area contributed by atoms with E-state index in [4.69, 9.17) is 9.52 Å². The summed E-state index contributed by atoms with van der Waals surface area (Å²) in [5, 5.41) is 8.90. The van der Waals surface area contributed by atoms with Crippen LogP contribution in [0.3, 0.4) is 0 Å². The smallest absolute Gasteiger partial charge is 0.245 e. The van der Waals surface area contributed by atoms with Gasteiger partial charge >= 0.3 is 0 Å². The summed E-state index contributed by atoms with van der Waals surface area (Å²) in [6.07, 6.45) is 4.96. The zero-order valence-corrected chi connectivity index (χ0v) is 12.2. The summed E-state index contributed by atoms with van der Waals surface area (Å²) in [6.45, 7) is 0.343. The SMILES string of the molecule is O=S(=O)(NCCn1ccnc1)c1cc(CO)oc1Br. The van der Waals surface area contributed by atoms with E-state index in [-0.39, 0.29) is 28.5 Å². The number of nitrogens with one attached hydrogen (secondary N) is 1. The number of imidazole rings is 1. The van der Waals surface area contributed by atoms with Gasteiger partial charge in [-0.1, -0.05) is 0 Å². The Morgan fingerprint density at radius 3 is 2.89 bits per heavy atom. The number of sulfonamides is 1. The van der Waals surface area contributed by atoms with Crippen molar-refractivity contribution >= 4 is 26.0 Å². The third-order valence-electron chi connectivity index (χ3n) is 2.37. The van der Waals surface area contributed by atoms with Crippen LogP contribution in [0, 0.1) is 0 Å². The van der Waals surface area contributed by atoms with Crippen molar-refractivity contribution < 1.29 is 17.9 Å². The highest BCUT2D eigenvalue weighted by atomic mass is 79.9. The lowest BCUT2D eigenvalue weighted by atomic mass is 10.5. The first-order valence-electron chi connectivity index (χ1n) is 5.37. The third kappa shape index (κ3) is 3.44. The molecule has 2 heterocycles.